The molecule has 0 saturated carbocycles. The molecule has 0 spiro atoms. The zero-order valence-corrected chi connectivity index (χ0v) is 12.4. The van der Waals surface area contributed by atoms with Crippen LogP contribution in [0.3, 0.4) is 0 Å². The Bertz CT molecular complexity index is 638. The molecule has 0 aliphatic rings. The number of hydrogen-bond acceptors (Lipinski definition) is 2. The minimum absolute atomic E-state index is 0.380. The van der Waals surface area contributed by atoms with E-state index in [1.54, 1.807) is 0 Å². The summed E-state index contributed by atoms with van der Waals surface area (Å²) < 4.78 is 0. The van der Waals surface area contributed by atoms with Crippen molar-refractivity contribution < 1.29 is 0 Å². The molecule has 3 N–H and O–H groups in total. The van der Waals surface area contributed by atoms with Gasteiger partial charge in [0.25, 0.3) is 0 Å². The summed E-state index contributed by atoms with van der Waals surface area (Å²) in [5, 5.41) is 4.03. The van der Waals surface area contributed by atoms with Gasteiger partial charge in [-0.05, 0) is 43.7 Å². The number of nitrogens with one attached hydrogen (secondary N) is 1. The van der Waals surface area contributed by atoms with Crippen LogP contribution in [0.4, 0.5) is 11.4 Å². The van der Waals surface area contributed by atoms with Crippen LogP contribution in [0.2, 0.25) is 5.02 Å². The maximum absolute atomic E-state index is 6.02. The molecule has 0 amide bonds. The number of benzene rings is 2. The van der Waals surface area contributed by atoms with Crippen LogP contribution >= 0.6 is 23.8 Å². The van der Waals surface area contributed by atoms with Gasteiger partial charge >= 0.3 is 0 Å². The molecule has 0 aliphatic heterocycles. The molecule has 0 saturated heterocycles. The van der Waals surface area contributed by atoms with Gasteiger partial charge in [-0.3, -0.25) is 0 Å². The molecule has 98 valence electrons. The van der Waals surface area contributed by atoms with E-state index in [0.717, 1.165) is 28.1 Å². The summed E-state index contributed by atoms with van der Waals surface area (Å²) in [6, 6.07) is 11.7. The summed E-state index contributed by atoms with van der Waals surface area (Å²) in [4.78, 5) is 0.380. The lowest BCUT2D eigenvalue weighted by Crippen LogP contribution is -2.12. The van der Waals surface area contributed by atoms with Crippen molar-refractivity contribution in [1.29, 1.82) is 0 Å². The van der Waals surface area contributed by atoms with Crippen LogP contribution in [-0.4, -0.2) is 4.99 Å². The van der Waals surface area contributed by atoms with Crippen molar-refractivity contribution in [3.8, 4) is 0 Å². The fraction of sp³-hybridized carbons (Fsp3) is 0.133. The third kappa shape index (κ3) is 3.25. The van der Waals surface area contributed by atoms with Gasteiger partial charge in [0.15, 0.2) is 0 Å². The number of halogens is 1. The van der Waals surface area contributed by atoms with E-state index in [1.807, 2.05) is 50.2 Å². The molecule has 0 heterocycles. The topological polar surface area (TPSA) is 38.0 Å². The molecule has 19 heavy (non-hydrogen) atoms. The highest BCUT2D eigenvalue weighted by Crippen LogP contribution is 2.26. The number of aryl methyl sites for hydroxylation is 2. The first-order valence-electron chi connectivity index (χ1n) is 5.91. The van der Waals surface area contributed by atoms with Crippen molar-refractivity contribution in [2.75, 3.05) is 5.32 Å². The predicted molar refractivity (Wildman–Crippen MR) is 86.5 cm³/mol. The Hall–Kier alpha value is -1.58. The molecule has 0 radical (unpaired) electrons. The zero-order chi connectivity index (χ0) is 14.0. The molecule has 2 rings (SSSR count). The minimum atomic E-state index is 0.380. The van der Waals surface area contributed by atoms with Crippen LogP contribution in [0.15, 0.2) is 36.4 Å². The monoisotopic (exact) mass is 290 g/mol. The summed E-state index contributed by atoms with van der Waals surface area (Å²) in [6.07, 6.45) is 0. The Kier molecular flexibility index (Phi) is 4.08. The quantitative estimate of drug-likeness (QED) is 0.826. The largest absolute Gasteiger partial charge is 0.389 e. The van der Waals surface area contributed by atoms with E-state index in [9.17, 15) is 0 Å². The Labute approximate surface area is 123 Å². The third-order valence-corrected chi connectivity index (χ3v) is 3.36. The van der Waals surface area contributed by atoms with Gasteiger partial charge in [0.2, 0.25) is 0 Å². The summed E-state index contributed by atoms with van der Waals surface area (Å²) in [5.74, 6) is 0. The van der Waals surface area contributed by atoms with Gasteiger partial charge in [0.1, 0.15) is 4.99 Å². The second-order valence-corrected chi connectivity index (χ2v) is 5.37. The number of hydrogen-bond donors (Lipinski definition) is 2. The molecular formula is C15H15ClN2S. The molecular weight excluding hydrogens is 276 g/mol. The highest BCUT2D eigenvalue weighted by Gasteiger charge is 2.07. The van der Waals surface area contributed by atoms with Crippen LogP contribution in [0.5, 0.6) is 0 Å². The highest BCUT2D eigenvalue weighted by molar-refractivity contribution is 7.80. The molecule has 4 heteroatoms. The molecule has 2 aromatic rings. The molecule has 0 aromatic heterocycles. The van der Waals surface area contributed by atoms with E-state index < -0.39 is 0 Å². The van der Waals surface area contributed by atoms with Gasteiger partial charge in [-0.1, -0.05) is 41.5 Å². The van der Waals surface area contributed by atoms with Gasteiger partial charge in [-0.2, -0.15) is 0 Å². The average molecular weight is 291 g/mol. The van der Waals surface area contributed by atoms with E-state index in [0.29, 0.717) is 10.0 Å². The summed E-state index contributed by atoms with van der Waals surface area (Å²) in [5.41, 5.74) is 10.7. The number of rotatable bonds is 3. The molecule has 0 bridgehead atoms. The van der Waals surface area contributed by atoms with Crippen LogP contribution in [0, 0.1) is 13.8 Å². The van der Waals surface area contributed by atoms with Crippen molar-refractivity contribution in [3.05, 3.63) is 58.1 Å². The number of nitrogens with two attached hydrogens (primary N) is 1. The van der Waals surface area contributed by atoms with E-state index in [-0.39, 0.29) is 0 Å². The minimum Gasteiger partial charge on any atom is -0.389 e. The summed E-state index contributed by atoms with van der Waals surface area (Å²) in [6.45, 7) is 4.03. The number of anilines is 2. The Morgan fingerprint density at radius 1 is 1.11 bits per heavy atom. The first-order valence-corrected chi connectivity index (χ1v) is 6.69. The fourth-order valence-electron chi connectivity index (χ4n) is 1.84. The van der Waals surface area contributed by atoms with Gasteiger partial charge in [0, 0.05) is 22.0 Å². The molecule has 0 fully saturated rings. The second-order valence-electron chi connectivity index (χ2n) is 4.50. The Morgan fingerprint density at radius 3 is 2.53 bits per heavy atom. The molecule has 2 aromatic carbocycles. The molecule has 0 aliphatic carbocycles. The molecule has 2 nitrogen and oxygen atoms in total. The first kappa shape index (κ1) is 13.8. The van der Waals surface area contributed by atoms with Crippen LogP contribution in [-0.2, 0) is 0 Å². The van der Waals surface area contributed by atoms with Gasteiger partial charge < -0.3 is 11.1 Å². The Balaban J connectivity index is 2.43. The first-order chi connectivity index (χ1) is 8.97. The van der Waals surface area contributed by atoms with E-state index in [4.69, 9.17) is 29.6 Å². The summed E-state index contributed by atoms with van der Waals surface area (Å²) >= 11 is 11.1. The zero-order valence-electron chi connectivity index (χ0n) is 10.8. The third-order valence-electron chi connectivity index (χ3n) is 2.91. The average Bonchev–Trinajstić information content (AvgIpc) is 2.35. The van der Waals surface area contributed by atoms with Crippen LogP contribution < -0.4 is 11.1 Å². The lowest BCUT2D eigenvalue weighted by atomic mass is 10.1. The predicted octanol–water partition coefficient (Wildman–Crippen LogP) is 4.33. The van der Waals surface area contributed by atoms with Gasteiger partial charge in [0.05, 0.1) is 0 Å². The standard InChI is InChI=1S/C15H15ClN2S/c1-9-3-6-13(12(7-9)15(17)19)18-14-8-11(16)5-4-10(14)2/h3-8,18H,1-2H3,(H2,17,19). The summed E-state index contributed by atoms with van der Waals surface area (Å²) in [7, 11) is 0. The SMILES string of the molecule is Cc1ccc(Nc2cc(Cl)ccc2C)c(C(N)=S)c1. The van der Waals surface area contributed by atoms with Crippen LogP contribution in [0.25, 0.3) is 0 Å². The van der Waals surface area contributed by atoms with E-state index in [1.165, 1.54) is 0 Å². The maximum atomic E-state index is 6.02. The van der Waals surface area contributed by atoms with Gasteiger partial charge in [-0.15, -0.1) is 0 Å². The van der Waals surface area contributed by atoms with Crippen molar-refractivity contribution >= 4 is 40.2 Å². The van der Waals surface area contributed by atoms with Crippen molar-refractivity contribution in [3.63, 3.8) is 0 Å². The second kappa shape index (κ2) is 5.59. The van der Waals surface area contributed by atoms with Gasteiger partial charge in [-0.25, -0.2) is 0 Å². The maximum Gasteiger partial charge on any atom is 0.106 e. The van der Waals surface area contributed by atoms with Crippen molar-refractivity contribution in [1.82, 2.24) is 0 Å². The molecule has 0 atom stereocenters. The fourth-order valence-corrected chi connectivity index (χ4v) is 2.19. The highest BCUT2D eigenvalue weighted by atomic mass is 35.5. The normalized spacial score (nSPS) is 10.3. The lowest BCUT2D eigenvalue weighted by Gasteiger charge is -2.14. The van der Waals surface area contributed by atoms with E-state index >= 15 is 0 Å². The smallest absolute Gasteiger partial charge is 0.106 e. The van der Waals surface area contributed by atoms with Crippen LogP contribution in [0.1, 0.15) is 16.7 Å². The van der Waals surface area contributed by atoms with Crippen molar-refractivity contribution in [2.45, 2.75) is 13.8 Å². The van der Waals surface area contributed by atoms with E-state index in [2.05, 4.69) is 5.32 Å². The number of thiocarbonyl (C=S) groups is 1. The Morgan fingerprint density at radius 2 is 1.84 bits per heavy atom. The molecule has 0 unspecified atom stereocenters. The lowest BCUT2D eigenvalue weighted by molar-refractivity contribution is 1.40. The van der Waals surface area contributed by atoms with Crippen molar-refractivity contribution in [2.24, 2.45) is 5.73 Å².